The number of pyridine rings is 2. The molecule has 9 nitrogen and oxygen atoms in total. The first kappa shape index (κ1) is 18.1. The van der Waals surface area contributed by atoms with Crippen LogP contribution in [0.4, 0.5) is 10.9 Å². The zero-order valence-corrected chi connectivity index (χ0v) is 16.5. The molecule has 4 aromatic rings. The second-order valence-corrected chi connectivity index (χ2v) is 7.61. The van der Waals surface area contributed by atoms with Crippen LogP contribution in [0.5, 0.6) is 0 Å². The lowest BCUT2D eigenvalue weighted by Crippen LogP contribution is -2.38. The van der Waals surface area contributed by atoms with Gasteiger partial charge in [-0.1, -0.05) is 11.3 Å². The molecule has 0 unspecified atom stereocenters. The summed E-state index contributed by atoms with van der Waals surface area (Å²) in [5, 5.41) is 16.2. The maximum Gasteiger partial charge on any atom is 0.210 e. The van der Waals surface area contributed by atoms with E-state index in [9.17, 15) is 0 Å². The largest absolute Gasteiger partial charge is 0.379 e. The molecule has 0 bridgehead atoms. The third-order valence-corrected chi connectivity index (χ3v) is 5.45. The van der Waals surface area contributed by atoms with Crippen molar-refractivity contribution < 1.29 is 4.74 Å². The van der Waals surface area contributed by atoms with Crippen LogP contribution in [0.3, 0.4) is 0 Å². The maximum absolute atomic E-state index is 5.40. The number of anilines is 2. The van der Waals surface area contributed by atoms with Crippen LogP contribution in [0, 0.1) is 0 Å². The highest BCUT2D eigenvalue weighted by Gasteiger charge is 2.11. The molecule has 10 heteroatoms. The van der Waals surface area contributed by atoms with Gasteiger partial charge in [0.1, 0.15) is 11.3 Å². The first-order chi connectivity index (χ1) is 14.3. The van der Waals surface area contributed by atoms with Crippen LogP contribution in [-0.4, -0.2) is 67.7 Å². The molecule has 4 aromatic heterocycles. The Morgan fingerprint density at radius 3 is 2.86 bits per heavy atom. The topological polar surface area (TPSA) is 93.9 Å². The molecule has 5 heterocycles. The highest BCUT2D eigenvalue weighted by Crippen LogP contribution is 2.23. The molecule has 0 aliphatic carbocycles. The average molecular weight is 408 g/mol. The molecule has 148 valence electrons. The number of nitrogens with one attached hydrogen (secondary N) is 1. The van der Waals surface area contributed by atoms with Gasteiger partial charge in [0, 0.05) is 43.2 Å². The third kappa shape index (κ3) is 4.24. The van der Waals surface area contributed by atoms with Gasteiger partial charge in [-0.3, -0.25) is 14.6 Å². The Morgan fingerprint density at radius 1 is 1.07 bits per heavy atom. The highest BCUT2D eigenvalue weighted by molar-refractivity contribution is 7.13. The van der Waals surface area contributed by atoms with Crippen molar-refractivity contribution in [3.63, 3.8) is 0 Å². The Kier molecular flexibility index (Phi) is 5.11. The molecule has 29 heavy (non-hydrogen) atoms. The minimum absolute atomic E-state index is 0.711. The van der Waals surface area contributed by atoms with E-state index >= 15 is 0 Å². The summed E-state index contributed by atoms with van der Waals surface area (Å²) in [6, 6.07) is 5.87. The fourth-order valence-corrected chi connectivity index (χ4v) is 3.73. The molecule has 1 aliphatic rings. The zero-order valence-electron chi connectivity index (χ0n) is 15.7. The van der Waals surface area contributed by atoms with Crippen LogP contribution in [0.1, 0.15) is 0 Å². The van der Waals surface area contributed by atoms with Gasteiger partial charge < -0.3 is 10.1 Å². The maximum atomic E-state index is 5.40. The monoisotopic (exact) mass is 408 g/mol. The van der Waals surface area contributed by atoms with E-state index in [2.05, 4.69) is 41.7 Å². The molecule has 0 amide bonds. The van der Waals surface area contributed by atoms with Gasteiger partial charge >= 0.3 is 0 Å². The summed E-state index contributed by atoms with van der Waals surface area (Å²) in [4.78, 5) is 11.6. The lowest BCUT2D eigenvalue weighted by Gasteiger charge is -2.26. The Morgan fingerprint density at radius 2 is 2.00 bits per heavy atom. The number of fused-ring (bicyclic) bond motifs is 1. The van der Waals surface area contributed by atoms with E-state index in [4.69, 9.17) is 4.74 Å². The number of aromatic nitrogens is 6. The second-order valence-electron chi connectivity index (χ2n) is 6.77. The van der Waals surface area contributed by atoms with Crippen LogP contribution < -0.4 is 5.32 Å². The van der Waals surface area contributed by atoms with Gasteiger partial charge in [0.05, 0.1) is 37.0 Å². The summed E-state index contributed by atoms with van der Waals surface area (Å²) in [7, 11) is 0. The van der Waals surface area contributed by atoms with Crippen LogP contribution in [0.15, 0.2) is 42.3 Å². The molecule has 5 rings (SSSR count). The summed E-state index contributed by atoms with van der Waals surface area (Å²) >= 11 is 1.43. The average Bonchev–Trinajstić information content (AvgIpc) is 3.45. The summed E-state index contributed by atoms with van der Waals surface area (Å²) in [5.41, 5.74) is 5.37. The quantitative estimate of drug-likeness (QED) is 0.520. The number of hydrogen-bond donors (Lipinski definition) is 1. The van der Waals surface area contributed by atoms with Crippen LogP contribution in [0.25, 0.3) is 22.2 Å². The molecular formula is C19H20N8OS. The lowest BCUT2D eigenvalue weighted by molar-refractivity contribution is 0.0360. The predicted molar refractivity (Wildman–Crippen MR) is 111 cm³/mol. The van der Waals surface area contributed by atoms with Gasteiger partial charge in [-0.2, -0.15) is 5.10 Å². The second kappa shape index (κ2) is 8.19. The Hall–Kier alpha value is -2.95. The van der Waals surface area contributed by atoms with Crippen molar-refractivity contribution in [3.8, 4) is 11.1 Å². The number of morpholine rings is 1. The van der Waals surface area contributed by atoms with E-state index < -0.39 is 0 Å². The number of ether oxygens (including phenoxy) is 1. The number of hydrogen-bond acceptors (Lipinski definition) is 9. The Balaban J connectivity index is 1.32. The van der Waals surface area contributed by atoms with Crippen molar-refractivity contribution in [1.82, 2.24) is 34.8 Å². The van der Waals surface area contributed by atoms with Crippen molar-refractivity contribution in [1.29, 1.82) is 0 Å². The normalized spacial score (nSPS) is 15.0. The van der Waals surface area contributed by atoms with Gasteiger partial charge in [-0.15, -0.1) is 10.2 Å². The molecule has 0 spiro atoms. The molecule has 0 saturated carbocycles. The zero-order chi connectivity index (χ0) is 19.5. The van der Waals surface area contributed by atoms with Crippen molar-refractivity contribution in [2.75, 3.05) is 38.2 Å². The Bertz CT molecular complexity index is 1090. The first-order valence-corrected chi connectivity index (χ1v) is 10.3. The first-order valence-electron chi connectivity index (χ1n) is 9.46. The van der Waals surface area contributed by atoms with E-state index in [0.717, 1.165) is 67.4 Å². The molecule has 0 atom stereocenters. The van der Waals surface area contributed by atoms with Gasteiger partial charge in [0.2, 0.25) is 5.13 Å². The predicted octanol–water partition coefficient (Wildman–Crippen LogP) is 2.42. The van der Waals surface area contributed by atoms with E-state index in [0.29, 0.717) is 5.13 Å². The van der Waals surface area contributed by atoms with Crippen molar-refractivity contribution in [2.45, 2.75) is 6.54 Å². The Labute approximate surface area is 171 Å². The molecular weight excluding hydrogens is 388 g/mol. The van der Waals surface area contributed by atoms with E-state index in [-0.39, 0.29) is 0 Å². The standard InChI is InChI=1S/C19H20N8OS/c1-2-18(24-19-25-21-13-29-19)23-17-9-14(10-20-16(1)17)15-11-22-27(12-15)4-3-26-5-7-28-8-6-26/h1-2,9-13H,3-8H2,(H,23,24,25). The van der Waals surface area contributed by atoms with E-state index in [1.807, 2.05) is 35.3 Å². The summed E-state index contributed by atoms with van der Waals surface area (Å²) in [5.74, 6) is 0.717. The van der Waals surface area contributed by atoms with Crippen molar-refractivity contribution in [2.24, 2.45) is 0 Å². The van der Waals surface area contributed by atoms with Crippen molar-refractivity contribution >= 4 is 33.3 Å². The summed E-state index contributed by atoms with van der Waals surface area (Å²) in [6.07, 6.45) is 5.81. The van der Waals surface area contributed by atoms with Crippen LogP contribution >= 0.6 is 11.3 Å². The van der Waals surface area contributed by atoms with E-state index in [1.165, 1.54) is 11.3 Å². The number of rotatable bonds is 6. The molecule has 0 radical (unpaired) electrons. The lowest BCUT2D eigenvalue weighted by atomic mass is 10.1. The van der Waals surface area contributed by atoms with Gasteiger partial charge in [0.15, 0.2) is 0 Å². The van der Waals surface area contributed by atoms with E-state index in [1.54, 1.807) is 5.51 Å². The van der Waals surface area contributed by atoms with Crippen molar-refractivity contribution in [3.05, 3.63) is 42.3 Å². The molecule has 1 N–H and O–H groups in total. The minimum Gasteiger partial charge on any atom is -0.379 e. The molecule has 0 aromatic carbocycles. The fraction of sp³-hybridized carbons (Fsp3) is 0.316. The summed E-state index contributed by atoms with van der Waals surface area (Å²) in [6.45, 7) is 5.44. The van der Waals surface area contributed by atoms with Gasteiger partial charge in [0.25, 0.3) is 0 Å². The molecule has 1 saturated heterocycles. The summed E-state index contributed by atoms with van der Waals surface area (Å²) < 4.78 is 7.38. The third-order valence-electron chi connectivity index (χ3n) is 4.85. The van der Waals surface area contributed by atoms with Gasteiger partial charge in [-0.25, -0.2) is 4.98 Å². The van der Waals surface area contributed by atoms with Crippen LogP contribution in [-0.2, 0) is 11.3 Å². The minimum atomic E-state index is 0.711. The smallest absolute Gasteiger partial charge is 0.210 e. The van der Waals surface area contributed by atoms with Gasteiger partial charge in [-0.05, 0) is 18.2 Å². The molecule has 1 fully saturated rings. The molecule has 1 aliphatic heterocycles. The fourth-order valence-electron chi connectivity index (χ4n) is 3.27. The van der Waals surface area contributed by atoms with Crippen LogP contribution in [0.2, 0.25) is 0 Å². The number of nitrogens with zero attached hydrogens (tertiary/aromatic N) is 7. The highest BCUT2D eigenvalue weighted by atomic mass is 32.1. The SMILES string of the molecule is c1nnc(Nc2ccc3ncc(-c4cnn(CCN5CCOCC5)c4)cc3n2)s1.